The number of likely N-dealkylation sites (tertiary alicyclic amines) is 1. The van der Waals surface area contributed by atoms with E-state index in [4.69, 9.17) is 10.1 Å². The smallest absolute Gasteiger partial charge is 0.220 e. The van der Waals surface area contributed by atoms with E-state index in [1.54, 1.807) is 0 Å². The molecule has 0 spiro atoms. The third-order valence-electron chi connectivity index (χ3n) is 6.80. The number of carbonyl (C=O) groups is 1. The fraction of sp³-hybridized carbons (Fsp3) is 0.696. The van der Waals surface area contributed by atoms with Crippen LogP contribution in [0.3, 0.4) is 0 Å². The lowest BCUT2D eigenvalue weighted by atomic mass is 10.1. The molecule has 0 unspecified atom stereocenters. The van der Waals surface area contributed by atoms with Crippen molar-refractivity contribution in [2.75, 3.05) is 6.54 Å². The van der Waals surface area contributed by atoms with E-state index in [-0.39, 0.29) is 5.91 Å². The van der Waals surface area contributed by atoms with Crippen molar-refractivity contribution in [3.05, 3.63) is 28.7 Å². The van der Waals surface area contributed by atoms with Crippen LogP contribution in [0.15, 0.2) is 6.07 Å². The van der Waals surface area contributed by atoms with Gasteiger partial charge in [0, 0.05) is 36.0 Å². The Bertz CT molecular complexity index is 881. The molecule has 29 heavy (non-hydrogen) atoms. The molecule has 2 aromatic heterocycles. The molecule has 0 radical (unpaired) electrons. The molecule has 2 aromatic rings. The number of aryl methyl sites for hydroxylation is 2. The van der Waals surface area contributed by atoms with Gasteiger partial charge in [-0.1, -0.05) is 12.8 Å². The van der Waals surface area contributed by atoms with Crippen molar-refractivity contribution >= 4 is 11.6 Å². The first kappa shape index (κ1) is 20.3. The minimum absolute atomic E-state index is 0.162. The van der Waals surface area contributed by atoms with E-state index in [1.807, 2.05) is 4.52 Å². The molecule has 2 fully saturated rings. The fourth-order valence-corrected chi connectivity index (χ4v) is 5.20. The largest absolute Gasteiger partial charge is 0.353 e. The maximum absolute atomic E-state index is 12.4. The van der Waals surface area contributed by atoms with Gasteiger partial charge in [0.15, 0.2) is 5.65 Å². The molecular formula is C23H35N5O. The summed E-state index contributed by atoms with van der Waals surface area (Å²) in [7, 11) is 0. The minimum Gasteiger partial charge on any atom is -0.353 e. The van der Waals surface area contributed by atoms with E-state index in [9.17, 15) is 4.79 Å². The second kappa shape index (κ2) is 8.42. The summed E-state index contributed by atoms with van der Waals surface area (Å²) in [5.41, 5.74) is 5.33. The monoisotopic (exact) mass is 397 g/mol. The van der Waals surface area contributed by atoms with Gasteiger partial charge in [0.2, 0.25) is 5.91 Å². The van der Waals surface area contributed by atoms with Crippen LogP contribution >= 0.6 is 0 Å². The van der Waals surface area contributed by atoms with Crippen LogP contribution in [0.2, 0.25) is 0 Å². The molecule has 1 amide bonds. The highest BCUT2D eigenvalue weighted by Gasteiger charge is 2.30. The number of hydrogen-bond donors (Lipinski definition) is 1. The zero-order chi connectivity index (χ0) is 20.5. The van der Waals surface area contributed by atoms with Crippen LogP contribution < -0.4 is 5.32 Å². The molecule has 2 aliphatic rings. The summed E-state index contributed by atoms with van der Waals surface area (Å²) in [5, 5.41) is 8.15. The number of nitrogens with zero attached hydrogens (tertiary/aromatic N) is 4. The SMILES string of the molecule is Cc1nc2cc([C@H]3CCCN3C(C)C)nn2c(C)c1CCC(=O)NC1CCCC1. The van der Waals surface area contributed by atoms with Gasteiger partial charge in [-0.3, -0.25) is 9.69 Å². The lowest BCUT2D eigenvalue weighted by molar-refractivity contribution is -0.121. The molecular weight excluding hydrogens is 362 g/mol. The van der Waals surface area contributed by atoms with Gasteiger partial charge in [0.1, 0.15) is 0 Å². The first-order valence-electron chi connectivity index (χ1n) is 11.3. The van der Waals surface area contributed by atoms with Gasteiger partial charge in [-0.25, -0.2) is 9.50 Å². The van der Waals surface area contributed by atoms with Crippen LogP contribution in [0.4, 0.5) is 0 Å². The first-order chi connectivity index (χ1) is 13.9. The van der Waals surface area contributed by atoms with Gasteiger partial charge in [-0.2, -0.15) is 5.10 Å². The normalized spacial score (nSPS) is 20.9. The topological polar surface area (TPSA) is 62.5 Å². The number of aromatic nitrogens is 3. The van der Waals surface area contributed by atoms with Crippen molar-refractivity contribution in [3.8, 4) is 0 Å². The lowest BCUT2D eigenvalue weighted by Gasteiger charge is -2.26. The predicted molar refractivity (Wildman–Crippen MR) is 115 cm³/mol. The number of rotatable bonds is 6. The highest BCUT2D eigenvalue weighted by Crippen LogP contribution is 2.33. The maximum atomic E-state index is 12.4. The molecule has 1 aliphatic carbocycles. The van der Waals surface area contributed by atoms with Crippen molar-refractivity contribution < 1.29 is 4.79 Å². The van der Waals surface area contributed by atoms with Crippen LogP contribution in [0.5, 0.6) is 0 Å². The van der Waals surface area contributed by atoms with E-state index in [0.29, 0.717) is 24.5 Å². The van der Waals surface area contributed by atoms with Gasteiger partial charge >= 0.3 is 0 Å². The Hall–Kier alpha value is -1.95. The Labute approximate surface area is 174 Å². The highest BCUT2D eigenvalue weighted by molar-refractivity contribution is 5.76. The third-order valence-corrected chi connectivity index (χ3v) is 6.80. The molecule has 0 bridgehead atoms. The number of fused-ring (bicyclic) bond motifs is 1. The van der Waals surface area contributed by atoms with E-state index in [1.165, 1.54) is 19.3 Å². The molecule has 1 saturated heterocycles. The van der Waals surface area contributed by atoms with Crippen LogP contribution in [0.1, 0.15) is 87.5 Å². The summed E-state index contributed by atoms with van der Waals surface area (Å²) < 4.78 is 1.99. The van der Waals surface area contributed by atoms with Gasteiger partial charge < -0.3 is 5.32 Å². The van der Waals surface area contributed by atoms with Crippen molar-refractivity contribution in [1.29, 1.82) is 0 Å². The number of carbonyl (C=O) groups excluding carboxylic acids is 1. The second-order valence-electron chi connectivity index (χ2n) is 9.14. The fourth-order valence-electron chi connectivity index (χ4n) is 5.20. The molecule has 3 heterocycles. The van der Waals surface area contributed by atoms with Crippen molar-refractivity contribution in [1.82, 2.24) is 24.8 Å². The molecule has 6 heteroatoms. The Morgan fingerprint density at radius 3 is 2.69 bits per heavy atom. The number of amides is 1. The number of hydrogen-bond acceptors (Lipinski definition) is 4. The van der Waals surface area contributed by atoms with E-state index >= 15 is 0 Å². The molecule has 0 aromatic carbocycles. The summed E-state index contributed by atoms with van der Waals surface area (Å²) in [6.07, 6.45) is 8.35. The predicted octanol–water partition coefficient (Wildman–Crippen LogP) is 3.88. The molecule has 4 rings (SSSR count). The average molecular weight is 398 g/mol. The Kier molecular flexibility index (Phi) is 5.91. The van der Waals surface area contributed by atoms with E-state index in [0.717, 1.165) is 60.5 Å². The summed E-state index contributed by atoms with van der Waals surface area (Å²) in [6.45, 7) is 9.83. The van der Waals surface area contributed by atoms with Crippen LogP contribution in [-0.4, -0.2) is 44.0 Å². The molecule has 1 aliphatic heterocycles. The summed E-state index contributed by atoms with van der Waals surface area (Å²) in [4.78, 5) is 19.7. The summed E-state index contributed by atoms with van der Waals surface area (Å²) in [5.74, 6) is 0.162. The zero-order valence-electron chi connectivity index (χ0n) is 18.4. The van der Waals surface area contributed by atoms with Crippen molar-refractivity contribution in [3.63, 3.8) is 0 Å². The Morgan fingerprint density at radius 1 is 1.21 bits per heavy atom. The molecule has 158 valence electrons. The summed E-state index contributed by atoms with van der Waals surface area (Å²) in [6, 6.07) is 3.45. The zero-order valence-corrected chi connectivity index (χ0v) is 18.4. The van der Waals surface area contributed by atoms with Gasteiger partial charge in [-0.05, 0) is 71.9 Å². The Balaban J connectivity index is 1.52. The van der Waals surface area contributed by atoms with Gasteiger partial charge in [0.25, 0.3) is 0 Å². The second-order valence-corrected chi connectivity index (χ2v) is 9.14. The molecule has 1 N–H and O–H groups in total. The van der Waals surface area contributed by atoms with Crippen LogP contribution in [0.25, 0.3) is 5.65 Å². The third kappa shape index (κ3) is 4.18. The molecule has 6 nitrogen and oxygen atoms in total. The lowest BCUT2D eigenvalue weighted by Crippen LogP contribution is -2.32. The average Bonchev–Trinajstić information content (AvgIpc) is 3.41. The summed E-state index contributed by atoms with van der Waals surface area (Å²) >= 11 is 0. The number of nitrogens with one attached hydrogen (secondary N) is 1. The van der Waals surface area contributed by atoms with Crippen molar-refractivity contribution in [2.24, 2.45) is 0 Å². The quantitative estimate of drug-likeness (QED) is 0.803. The molecule has 1 atom stereocenters. The van der Waals surface area contributed by atoms with Gasteiger partial charge in [-0.15, -0.1) is 0 Å². The van der Waals surface area contributed by atoms with E-state index < -0.39 is 0 Å². The van der Waals surface area contributed by atoms with E-state index in [2.05, 4.69) is 44.0 Å². The minimum atomic E-state index is 0.162. The van der Waals surface area contributed by atoms with Gasteiger partial charge in [0.05, 0.1) is 11.7 Å². The van der Waals surface area contributed by atoms with Crippen LogP contribution in [0, 0.1) is 13.8 Å². The van der Waals surface area contributed by atoms with Crippen molar-refractivity contribution in [2.45, 2.75) is 97.2 Å². The molecule has 1 saturated carbocycles. The first-order valence-corrected chi connectivity index (χ1v) is 11.3. The Morgan fingerprint density at radius 2 is 1.97 bits per heavy atom. The highest BCUT2D eigenvalue weighted by atomic mass is 16.1. The maximum Gasteiger partial charge on any atom is 0.220 e. The standard InChI is InChI=1S/C23H35N5O/c1-15(2)27-13-7-10-21(27)20-14-22-24-16(3)19(17(4)28(22)26-20)11-12-23(29)25-18-8-5-6-9-18/h14-15,18,21H,5-13H2,1-4H3,(H,25,29)/t21-/m1/s1. The van der Waals surface area contributed by atoms with Crippen LogP contribution in [-0.2, 0) is 11.2 Å².